The van der Waals surface area contributed by atoms with E-state index in [9.17, 15) is 8.42 Å². The quantitative estimate of drug-likeness (QED) is 0.840. The molecule has 1 aromatic heterocycles. The zero-order chi connectivity index (χ0) is 16.9. The molecule has 0 spiro atoms. The van der Waals surface area contributed by atoms with Crippen molar-refractivity contribution in [3.05, 3.63) is 46.6 Å². The van der Waals surface area contributed by atoms with Crippen LogP contribution in [0, 0.1) is 0 Å². The van der Waals surface area contributed by atoms with Gasteiger partial charge in [0.15, 0.2) is 15.7 Å². The van der Waals surface area contributed by atoms with Crippen molar-refractivity contribution in [2.45, 2.75) is 43.3 Å². The van der Waals surface area contributed by atoms with Crippen LogP contribution in [-0.4, -0.2) is 24.8 Å². The summed E-state index contributed by atoms with van der Waals surface area (Å²) in [4.78, 5) is 4.45. The highest BCUT2D eigenvalue weighted by Gasteiger charge is 2.46. The Kier molecular flexibility index (Phi) is 3.80. The van der Waals surface area contributed by atoms with Crippen LogP contribution in [0.4, 0.5) is 0 Å². The average Bonchev–Trinajstić information content (AvgIpc) is 2.86. The van der Waals surface area contributed by atoms with Crippen LogP contribution in [0.15, 0.2) is 28.8 Å². The molecule has 0 amide bonds. The Morgan fingerprint density at radius 3 is 2.52 bits per heavy atom. The summed E-state index contributed by atoms with van der Waals surface area (Å²) in [6.07, 6.45) is 4.02. The van der Waals surface area contributed by atoms with Crippen LogP contribution in [0.5, 0.6) is 0 Å². The Labute approximate surface area is 141 Å². The lowest BCUT2D eigenvalue weighted by Gasteiger charge is -2.39. The van der Waals surface area contributed by atoms with Gasteiger partial charge in [-0.05, 0) is 44.4 Å². The topological polar surface area (TPSA) is 73.1 Å². The molecular weight excluding hydrogens is 336 g/mol. The molecule has 1 aliphatic carbocycles. The van der Waals surface area contributed by atoms with E-state index in [4.69, 9.17) is 16.1 Å². The maximum absolute atomic E-state index is 12.0. The van der Waals surface area contributed by atoms with Gasteiger partial charge in [-0.2, -0.15) is 4.98 Å². The molecule has 0 N–H and O–H groups in total. The Hall–Kier alpha value is -1.40. The Morgan fingerprint density at radius 2 is 2.00 bits per heavy atom. The van der Waals surface area contributed by atoms with Gasteiger partial charge in [0.25, 0.3) is 0 Å². The Morgan fingerprint density at radius 1 is 1.30 bits per heavy atom. The van der Waals surface area contributed by atoms with Gasteiger partial charge in [-0.25, -0.2) is 8.42 Å². The lowest BCUT2D eigenvalue weighted by molar-refractivity contribution is 0.269. The van der Waals surface area contributed by atoms with E-state index in [1.165, 1.54) is 6.26 Å². The highest BCUT2D eigenvalue weighted by atomic mass is 35.5. The first-order chi connectivity index (χ1) is 10.7. The molecule has 0 radical (unpaired) electrons. The second-order valence-corrected chi connectivity index (χ2v) is 9.65. The summed E-state index contributed by atoms with van der Waals surface area (Å²) < 4.78 is 28.0. The van der Waals surface area contributed by atoms with Crippen LogP contribution in [0.25, 0.3) is 0 Å². The van der Waals surface area contributed by atoms with Gasteiger partial charge in [-0.3, -0.25) is 0 Å². The van der Waals surface area contributed by atoms with Crippen molar-refractivity contribution in [1.82, 2.24) is 10.1 Å². The summed E-state index contributed by atoms with van der Waals surface area (Å²) >= 11 is 6.11. The largest absolute Gasteiger partial charge is 0.338 e. The molecular formula is C16H19ClN2O3S. The summed E-state index contributed by atoms with van der Waals surface area (Å²) in [6.45, 7) is 3.15. The van der Waals surface area contributed by atoms with Crippen molar-refractivity contribution in [2.24, 2.45) is 0 Å². The molecule has 0 atom stereocenters. The molecule has 124 valence electrons. The number of benzene rings is 1. The summed E-state index contributed by atoms with van der Waals surface area (Å²) in [6, 6.07) is 7.65. The molecule has 0 saturated heterocycles. The molecule has 5 nitrogen and oxygen atoms in total. The lowest BCUT2D eigenvalue weighted by Crippen LogP contribution is -2.37. The van der Waals surface area contributed by atoms with E-state index in [-0.39, 0.29) is 11.3 Å². The number of rotatable bonds is 4. The predicted molar refractivity (Wildman–Crippen MR) is 88.3 cm³/mol. The molecule has 1 saturated carbocycles. The maximum Gasteiger partial charge on any atom is 0.247 e. The second kappa shape index (κ2) is 5.31. The van der Waals surface area contributed by atoms with Crippen LogP contribution in [0.2, 0.25) is 5.02 Å². The third-order valence-corrected chi connectivity index (χ3v) is 7.14. The Bertz CT molecular complexity index is 839. The summed E-state index contributed by atoms with van der Waals surface area (Å²) in [7, 11) is -3.36. The molecule has 7 heteroatoms. The first-order valence-corrected chi connectivity index (χ1v) is 9.74. The normalized spacial score (nSPS) is 17.7. The van der Waals surface area contributed by atoms with Gasteiger partial charge in [0.1, 0.15) is 4.75 Å². The molecule has 3 rings (SSSR count). The third-order valence-electron chi connectivity index (χ3n) is 4.88. The van der Waals surface area contributed by atoms with E-state index in [1.807, 2.05) is 24.3 Å². The minimum Gasteiger partial charge on any atom is -0.338 e. The van der Waals surface area contributed by atoms with Crippen LogP contribution in [0.3, 0.4) is 0 Å². The molecule has 0 aliphatic heterocycles. The van der Waals surface area contributed by atoms with Gasteiger partial charge >= 0.3 is 0 Å². The standard InChI is InChI=1S/C16H19ClN2O3S/c1-15(2,23(3,20)21)14-18-13(19-22-14)16(8-5-9-16)11-6-4-7-12(17)10-11/h4,6-7,10H,5,8-9H2,1-3H3. The van der Waals surface area contributed by atoms with Crippen LogP contribution >= 0.6 is 11.6 Å². The molecule has 0 bridgehead atoms. The summed E-state index contributed by atoms with van der Waals surface area (Å²) in [5, 5.41) is 4.76. The van der Waals surface area contributed by atoms with Crippen molar-refractivity contribution in [3.8, 4) is 0 Å². The molecule has 1 heterocycles. The van der Waals surface area contributed by atoms with Crippen molar-refractivity contribution in [1.29, 1.82) is 0 Å². The molecule has 1 aliphatic rings. The fraction of sp³-hybridized carbons (Fsp3) is 0.500. The van der Waals surface area contributed by atoms with Crippen molar-refractivity contribution in [2.75, 3.05) is 6.26 Å². The second-order valence-electron chi connectivity index (χ2n) is 6.65. The highest BCUT2D eigenvalue weighted by molar-refractivity contribution is 7.91. The van der Waals surface area contributed by atoms with E-state index in [0.29, 0.717) is 10.8 Å². The minimum absolute atomic E-state index is 0.128. The lowest BCUT2D eigenvalue weighted by atomic mass is 9.64. The molecule has 1 fully saturated rings. The van der Waals surface area contributed by atoms with Gasteiger partial charge in [0.2, 0.25) is 5.89 Å². The van der Waals surface area contributed by atoms with Gasteiger partial charge in [0, 0.05) is 11.3 Å². The highest BCUT2D eigenvalue weighted by Crippen LogP contribution is 2.48. The monoisotopic (exact) mass is 354 g/mol. The Balaban J connectivity index is 2.05. The number of nitrogens with zero attached hydrogens (tertiary/aromatic N) is 2. The zero-order valence-corrected chi connectivity index (χ0v) is 14.9. The van der Waals surface area contributed by atoms with Crippen molar-refractivity contribution < 1.29 is 12.9 Å². The third kappa shape index (κ3) is 2.58. The number of hydrogen-bond acceptors (Lipinski definition) is 5. The van der Waals surface area contributed by atoms with Gasteiger partial charge in [0.05, 0.1) is 5.41 Å². The van der Waals surface area contributed by atoms with E-state index in [2.05, 4.69) is 10.1 Å². The smallest absolute Gasteiger partial charge is 0.247 e. The summed E-state index contributed by atoms with van der Waals surface area (Å²) in [5.74, 6) is 0.668. The first-order valence-electron chi connectivity index (χ1n) is 7.47. The maximum atomic E-state index is 12.0. The molecule has 0 unspecified atom stereocenters. The van der Waals surface area contributed by atoms with Gasteiger partial charge in [-0.1, -0.05) is 35.3 Å². The fourth-order valence-electron chi connectivity index (χ4n) is 2.78. The van der Waals surface area contributed by atoms with Crippen molar-refractivity contribution in [3.63, 3.8) is 0 Å². The van der Waals surface area contributed by atoms with Gasteiger partial charge in [-0.15, -0.1) is 0 Å². The number of sulfone groups is 1. The van der Waals surface area contributed by atoms with Crippen LogP contribution in [-0.2, 0) is 20.0 Å². The SMILES string of the molecule is CC(C)(c1nc(C2(c3cccc(Cl)c3)CCC2)no1)S(C)(=O)=O. The number of halogens is 1. The van der Waals surface area contributed by atoms with E-state index >= 15 is 0 Å². The van der Waals surface area contributed by atoms with E-state index in [0.717, 1.165) is 24.8 Å². The van der Waals surface area contributed by atoms with E-state index in [1.54, 1.807) is 13.8 Å². The predicted octanol–water partition coefficient (Wildman–Crippen LogP) is 3.47. The van der Waals surface area contributed by atoms with Crippen LogP contribution < -0.4 is 0 Å². The molecule has 1 aromatic carbocycles. The molecule has 23 heavy (non-hydrogen) atoms. The van der Waals surface area contributed by atoms with E-state index < -0.39 is 14.6 Å². The number of hydrogen-bond donors (Lipinski definition) is 0. The van der Waals surface area contributed by atoms with Crippen LogP contribution in [0.1, 0.15) is 50.4 Å². The summed E-state index contributed by atoms with van der Waals surface area (Å²) in [5.41, 5.74) is 0.709. The number of aromatic nitrogens is 2. The average molecular weight is 355 g/mol. The van der Waals surface area contributed by atoms with Crippen molar-refractivity contribution >= 4 is 21.4 Å². The fourth-order valence-corrected chi connectivity index (χ4v) is 3.37. The van der Waals surface area contributed by atoms with Gasteiger partial charge < -0.3 is 4.52 Å². The zero-order valence-electron chi connectivity index (χ0n) is 13.3. The molecule has 2 aromatic rings. The first kappa shape index (κ1) is 16.5. The minimum atomic E-state index is -3.36.